The summed E-state index contributed by atoms with van der Waals surface area (Å²) < 4.78 is 0. The molecule has 0 saturated carbocycles. The Morgan fingerprint density at radius 1 is 1.50 bits per heavy atom. The fourth-order valence-corrected chi connectivity index (χ4v) is 2.24. The van der Waals surface area contributed by atoms with Gasteiger partial charge in [0.05, 0.1) is 0 Å². The van der Waals surface area contributed by atoms with Crippen molar-refractivity contribution in [3.63, 3.8) is 0 Å². The van der Waals surface area contributed by atoms with Crippen molar-refractivity contribution in [2.24, 2.45) is 5.84 Å². The largest absolute Gasteiger partial charge is 0.269 e. The number of benzene rings is 1. The van der Waals surface area contributed by atoms with Crippen LogP contribution in [0.2, 0.25) is 5.02 Å². The summed E-state index contributed by atoms with van der Waals surface area (Å²) in [5, 5.41) is 2.71. The molecule has 0 radical (unpaired) electrons. The molecule has 0 unspecified atom stereocenters. The first kappa shape index (κ1) is 9.97. The minimum Gasteiger partial charge on any atom is -0.269 e. The van der Waals surface area contributed by atoms with E-state index in [2.05, 4.69) is 19.1 Å². The second kappa shape index (κ2) is 3.89. The van der Waals surface area contributed by atoms with Crippen LogP contribution >= 0.6 is 11.6 Å². The zero-order valence-corrected chi connectivity index (χ0v) is 9.09. The lowest BCUT2D eigenvalue weighted by Crippen LogP contribution is -2.34. The first-order chi connectivity index (χ1) is 6.66. The molecule has 1 aliphatic heterocycles. The average Bonchev–Trinajstić information content (AvgIpc) is 2.27. The fourth-order valence-electron chi connectivity index (χ4n) is 2.06. The molecule has 1 aromatic carbocycles. The number of hydrogen-bond acceptors (Lipinski definition) is 2. The van der Waals surface area contributed by atoms with E-state index in [0.29, 0.717) is 5.92 Å². The molecular formula is C11H15ClN2. The van der Waals surface area contributed by atoms with Crippen molar-refractivity contribution < 1.29 is 0 Å². The second-order valence-corrected chi connectivity index (χ2v) is 4.43. The average molecular weight is 211 g/mol. The number of rotatable bonds is 0. The summed E-state index contributed by atoms with van der Waals surface area (Å²) in [4.78, 5) is 0. The van der Waals surface area contributed by atoms with Gasteiger partial charge in [-0.25, -0.2) is 5.01 Å². The molecule has 14 heavy (non-hydrogen) atoms. The van der Waals surface area contributed by atoms with Gasteiger partial charge in [0.25, 0.3) is 0 Å². The van der Waals surface area contributed by atoms with Crippen LogP contribution in [-0.2, 0) is 6.42 Å². The first-order valence-corrected chi connectivity index (χ1v) is 5.32. The van der Waals surface area contributed by atoms with Crippen LogP contribution in [-0.4, -0.2) is 18.1 Å². The van der Waals surface area contributed by atoms with Crippen molar-refractivity contribution in [3.05, 3.63) is 34.3 Å². The minimum absolute atomic E-state index is 0.469. The molecule has 1 heterocycles. The lowest BCUT2D eigenvalue weighted by Gasteiger charge is -2.16. The van der Waals surface area contributed by atoms with E-state index in [9.17, 15) is 0 Å². The Kier molecular flexibility index (Phi) is 2.77. The van der Waals surface area contributed by atoms with Crippen LogP contribution in [0.4, 0.5) is 0 Å². The maximum atomic E-state index is 5.99. The second-order valence-electron chi connectivity index (χ2n) is 3.99. The van der Waals surface area contributed by atoms with Gasteiger partial charge in [0.15, 0.2) is 0 Å². The van der Waals surface area contributed by atoms with Gasteiger partial charge in [-0.2, -0.15) is 0 Å². The molecule has 2 nitrogen and oxygen atoms in total. The lowest BCUT2D eigenvalue weighted by atomic mass is 9.95. The molecular weight excluding hydrogens is 196 g/mol. The van der Waals surface area contributed by atoms with Crippen molar-refractivity contribution in [2.45, 2.75) is 19.3 Å². The van der Waals surface area contributed by atoms with Crippen LogP contribution in [0.15, 0.2) is 18.2 Å². The van der Waals surface area contributed by atoms with E-state index in [1.165, 1.54) is 11.1 Å². The normalized spacial score (nSPS) is 22.9. The third-order valence-electron chi connectivity index (χ3n) is 2.82. The minimum atomic E-state index is 0.469. The van der Waals surface area contributed by atoms with Gasteiger partial charge >= 0.3 is 0 Å². The van der Waals surface area contributed by atoms with Gasteiger partial charge in [-0.1, -0.05) is 24.6 Å². The lowest BCUT2D eigenvalue weighted by molar-refractivity contribution is 0.281. The number of hydrogen-bond donors (Lipinski definition) is 1. The van der Waals surface area contributed by atoms with Crippen molar-refractivity contribution in [3.8, 4) is 0 Å². The Balaban J connectivity index is 2.39. The number of nitrogens with zero attached hydrogens (tertiary/aromatic N) is 1. The molecule has 2 N–H and O–H groups in total. The summed E-state index contributed by atoms with van der Waals surface area (Å²) in [6.45, 7) is 4.03. The van der Waals surface area contributed by atoms with Gasteiger partial charge in [-0.3, -0.25) is 5.84 Å². The molecule has 0 amide bonds. The summed E-state index contributed by atoms with van der Waals surface area (Å²) in [6.07, 6.45) is 1.02. The highest BCUT2D eigenvalue weighted by Crippen LogP contribution is 2.26. The molecule has 0 saturated heterocycles. The van der Waals surface area contributed by atoms with E-state index in [1.807, 2.05) is 11.1 Å². The van der Waals surface area contributed by atoms with E-state index < -0.39 is 0 Å². The Hall–Kier alpha value is -0.570. The highest BCUT2D eigenvalue weighted by Gasteiger charge is 2.17. The number of fused-ring (bicyclic) bond motifs is 1. The summed E-state index contributed by atoms with van der Waals surface area (Å²) >= 11 is 5.99. The first-order valence-electron chi connectivity index (χ1n) is 4.95. The number of halogens is 1. The smallest absolute Gasteiger partial charge is 0.0409 e. The molecule has 1 aromatic rings. The van der Waals surface area contributed by atoms with Gasteiger partial charge in [0.2, 0.25) is 0 Å². The molecule has 0 aromatic heterocycles. The van der Waals surface area contributed by atoms with Crippen LogP contribution in [0.3, 0.4) is 0 Å². The topological polar surface area (TPSA) is 29.3 Å². The predicted molar refractivity (Wildman–Crippen MR) is 59.3 cm³/mol. The van der Waals surface area contributed by atoms with E-state index in [-0.39, 0.29) is 0 Å². The Morgan fingerprint density at radius 2 is 2.29 bits per heavy atom. The quantitative estimate of drug-likeness (QED) is 0.666. The fraction of sp³-hybridized carbons (Fsp3) is 0.455. The standard InChI is InChI=1S/C11H15ClN2/c1-8-7-14(13)5-4-9-2-3-10(12)6-11(8)9/h2-3,6,8H,4-5,7,13H2,1H3/t8-/m0/s1. The maximum absolute atomic E-state index is 5.99. The van der Waals surface area contributed by atoms with Crippen LogP contribution in [0.5, 0.6) is 0 Å². The molecule has 1 aliphatic rings. The molecule has 0 bridgehead atoms. The molecule has 0 spiro atoms. The van der Waals surface area contributed by atoms with E-state index >= 15 is 0 Å². The summed E-state index contributed by atoms with van der Waals surface area (Å²) in [7, 11) is 0. The third-order valence-corrected chi connectivity index (χ3v) is 3.05. The van der Waals surface area contributed by atoms with E-state index in [1.54, 1.807) is 0 Å². The molecule has 2 rings (SSSR count). The molecule has 0 fully saturated rings. The van der Waals surface area contributed by atoms with E-state index in [0.717, 1.165) is 24.5 Å². The van der Waals surface area contributed by atoms with Crippen LogP contribution in [0, 0.1) is 0 Å². The van der Waals surface area contributed by atoms with E-state index in [4.69, 9.17) is 17.4 Å². The highest BCUT2D eigenvalue weighted by atomic mass is 35.5. The molecule has 0 aliphatic carbocycles. The Bertz CT molecular complexity index is 338. The van der Waals surface area contributed by atoms with Gasteiger partial charge in [-0.15, -0.1) is 0 Å². The van der Waals surface area contributed by atoms with Crippen molar-refractivity contribution >= 4 is 11.6 Å². The Labute approximate surface area is 89.6 Å². The summed E-state index contributed by atoms with van der Waals surface area (Å²) in [6, 6.07) is 6.15. The monoisotopic (exact) mass is 210 g/mol. The zero-order valence-electron chi connectivity index (χ0n) is 8.33. The summed E-state index contributed by atoms with van der Waals surface area (Å²) in [5.74, 6) is 6.31. The van der Waals surface area contributed by atoms with Crippen molar-refractivity contribution in [2.75, 3.05) is 13.1 Å². The SMILES string of the molecule is C[C@H]1CN(N)CCc2ccc(Cl)cc21. The number of hydrazine groups is 1. The third kappa shape index (κ3) is 1.92. The molecule has 76 valence electrons. The van der Waals surface area contributed by atoms with Crippen molar-refractivity contribution in [1.82, 2.24) is 5.01 Å². The zero-order chi connectivity index (χ0) is 10.1. The Morgan fingerprint density at radius 3 is 3.07 bits per heavy atom. The van der Waals surface area contributed by atoms with Crippen LogP contribution < -0.4 is 5.84 Å². The maximum Gasteiger partial charge on any atom is 0.0409 e. The van der Waals surface area contributed by atoms with Gasteiger partial charge in [-0.05, 0) is 35.6 Å². The predicted octanol–water partition coefficient (Wildman–Crippen LogP) is 2.18. The van der Waals surface area contributed by atoms with Crippen LogP contribution in [0.1, 0.15) is 24.0 Å². The highest BCUT2D eigenvalue weighted by molar-refractivity contribution is 6.30. The summed E-state index contributed by atoms with van der Waals surface area (Å²) in [5.41, 5.74) is 2.74. The van der Waals surface area contributed by atoms with Gasteiger partial charge < -0.3 is 0 Å². The number of nitrogens with two attached hydrogens (primary N) is 1. The van der Waals surface area contributed by atoms with Crippen LogP contribution in [0.25, 0.3) is 0 Å². The van der Waals surface area contributed by atoms with Gasteiger partial charge in [0.1, 0.15) is 0 Å². The van der Waals surface area contributed by atoms with Gasteiger partial charge in [0, 0.05) is 18.1 Å². The van der Waals surface area contributed by atoms with Crippen molar-refractivity contribution in [1.29, 1.82) is 0 Å². The molecule has 3 heteroatoms. The molecule has 1 atom stereocenters.